The van der Waals surface area contributed by atoms with E-state index >= 15 is 0 Å². The van der Waals surface area contributed by atoms with Crippen molar-refractivity contribution in [3.05, 3.63) is 48.3 Å². The maximum atomic E-state index is 11.9. The lowest BCUT2D eigenvalue weighted by Gasteiger charge is -2.07. The Bertz CT molecular complexity index is 539. The number of hydrogen-bond donors (Lipinski definition) is 1. The van der Waals surface area contributed by atoms with Gasteiger partial charge >= 0.3 is 0 Å². The van der Waals surface area contributed by atoms with E-state index in [1.54, 1.807) is 17.1 Å². The van der Waals surface area contributed by atoms with Crippen molar-refractivity contribution < 1.29 is 4.79 Å². The summed E-state index contributed by atoms with van der Waals surface area (Å²) in [6.45, 7) is 2.56. The van der Waals surface area contributed by atoms with Gasteiger partial charge in [0, 0.05) is 18.6 Å². The standard InChI is InChI=1S/C14H16ClN3O/c1-11(7-15)8-16-14(19)12-9-17-18(10-12)13-5-3-2-4-6-13/h2-6,9-11H,7-8H2,1H3,(H,16,19). The molecule has 5 heteroatoms. The summed E-state index contributed by atoms with van der Waals surface area (Å²) < 4.78 is 1.68. The minimum Gasteiger partial charge on any atom is -0.352 e. The number of para-hydroxylation sites is 1. The Labute approximate surface area is 117 Å². The highest BCUT2D eigenvalue weighted by atomic mass is 35.5. The highest BCUT2D eigenvalue weighted by Gasteiger charge is 2.10. The minimum absolute atomic E-state index is 0.126. The van der Waals surface area contributed by atoms with E-state index in [1.807, 2.05) is 37.3 Å². The largest absolute Gasteiger partial charge is 0.352 e. The Balaban J connectivity index is 2.03. The molecule has 100 valence electrons. The van der Waals surface area contributed by atoms with Gasteiger partial charge in [-0.15, -0.1) is 11.6 Å². The van der Waals surface area contributed by atoms with Crippen molar-refractivity contribution in [1.82, 2.24) is 15.1 Å². The Hall–Kier alpha value is -1.81. The highest BCUT2D eigenvalue weighted by molar-refractivity contribution is 6.18. The number of alkyl halides is 1. The van der Waals surface area contributed by atoms with E-state index in [9.17, 15) is 4.79 Å². The van der Waals surface area contributed by atoms with E-state index in [-0.39, 0.29) is 11.8 Å². The number of benzene rings is 1. The third-order valence-corrected chi connectivity index (χ3v) is 3.27. The van der Waals surface area contributed by atoms with Crippen LogP contribution >= 0.6 is 11.6 Å². The van der Waals surface area contributed by atoms with Crippen LogP contribution in [-0.2, 0) is 0 Å². The first-order valence-corrected chi connectivity index (χ1v) is 6.68. The number of nitrogens with zero attached hydrogens (tertiary/aromatic N) is 2. The molecule has 0 aliphatic heterocycles. The van der Waals surface area contributed by atoms with Crippen molar-refractivity contribution in [3.63, 3.8) is 0 Å². The molecular formula is C14H16ClN3O. The van der Waals surface area contributed by atoms with Gasteiger partial charge in [-0.1, -0.05) is 25.1 Å². The normalized spacial score (nSPS) is 12.1. The van der Waals surface area contributed by atoms with E-state index in [0.717, 1.165) is 5.69 Å². The first-order chi connectivity index (χ1) is 9.20. The molecule has 4 nitrogen and oxygen atoms in total. The molecule has 0 saturated heterocycles. The van der Waals surface area contributed by atoms with E-state index in [4.69, 9.17) is 11.6 Å². The van der Waals surface area contributed by atoms with Crippen LogP contribution in [0.5, 0.6) is 0 Å². The lowest BCUT2D eigenvalue weighted by atomic mass is 10.2. The second-order valence-electron chi connectivity index (χ2n) is 4.48. The number of hydrogen-bond acceptors (Lipinski definition) is 2. The summed E-state index contributed by atoms with van der Waals surface area (Å²) in [5.74, 6) is 0.665. The molecule has 1 aromatic carbocycles. The molecule has 0 fully saturated rings. The number of nitrogens with one attached hydrogen (secondary N) is 1. The van der Waals surface area contributed by atoms with Crippen LogP contribution in [0.25, 0.3) is 5.69 Å². The lowest BCUT2D eigenvalue weighted by molar-refractivity contribution is 0.0949. The molecule has 2 rings (SSSR count). The summed E-state index contributed by atoms with van der Waals surface area (Å²) in [6, 6.07) is 9.67. The van der Waals surface area contributed by atoms with E-state index in [2.05, 4.69) is 10.4 Å². The molecule has 0 aliphatic carbocycles. The summed E-state index contributed by atoms with van der Waals surface area (Å²) >= 11 is 5.70. The molecule has 1 unspecified atom stereocenters. The van der Waals surface area contributed by atoms with Gasteiger partial charge in [-0.3, -0.25) is 4.79 Å². The van der Waals surface area contributed by atoms with Crippen molar-refractivity contribution in [2.45, 2.75) is 6.92 Å². The second kappa shape index (κ2) is 6.38. The fourth-order valence-corrected chi connectivity index (χ4v) is 1.69. The number of aromatic nitrogens is 2. The van der Waals surface area contributed by atoms with Crippen LogP contribution < -0.4 is 5.32 Å². The number of carbonyl (C=O) groups excluding carboxylic acids is 1. The molecule has 0 bridgehead atoms. The van der Waals surface area contributed by atoms with E-state index in [0.29, 0.717) is 18.0 Å². The molecule has 1 heterocycles. The summed E-state index contributed by atoms with van der Waals surface area (Å²) in [5, 5.41) is 7.02. The topological polar surface area (TPSA) is 46.9 Å². The van der Waals surface area contributed by atoms with Gasteiger partial charge in [-0.2, -0.15) is 5.10 Å². The van der Waals surface area contributed by atoms with Gasteiger partial charge in [-0.05, 0) is 18.1 Å². The maximum Gasteiger partial charge on any atom is 0.254 e. The molecular weight excluding hydrogens is 262 g/mol. The van der Waals surface area contributed by atoms with Crippen molar-refractivity contribution in [2.75, 3.05) is 12.4 Å². The average molecular weight is 278 g/mol. The zero-order chi connectivity index (χ0) is 13.7. The van der Waals surface area contributed by atoms with Crippen molar-refractivity contribution >= 4 is 17.5 Å². The van der Waals surface area contributed by atoms with Crippen LogP contribution in [0.15, 0.2) is 42.7 Å². The molecule has 0 saturated carbocycles. The van der Waals surface area contributed by atoms with Crippen LogP contribution in [0.1, 0.15) is 17.3 Å². The maximum absolute atomic E-state index is 11.9. The Morgan fingerprint density at radius 3 is 2.84 bits per heavy atom. The molecule has 2 aromatic rings. The monoisotopic (exact) mass is 277 g/mol. The third-order valence-electron chi connectivity index (χ3n) is 2.74. The minimum atomic E-state index is -0.126. The number of amides is 1. The molecule has 0 aliphatic rings. The molecule has 19 heavy (non-hydrogen) atoms. The highest BCUT2D eigenvalue weighted by Crippen LogP contribution is 2.07. The second-order valence-corrected chi connectivity index (χ2v) is 4.79. The predicted molar refractivity (Wildman–Crippen MR) is 75.8 cm³/mol. The number of carbonyl (C=O) groups is 1. The van der Waals surface area contributed by atoms with Crippen LogP contribution in [0.3, 0.4) is 0 Å². The van der Waals surface area contributed by atoms with Gasteiger partial charge in [0.2, 0.25) is 0 Å². The summed E-state index contributed by atoms with van der Waals surface area (Å²) in [5.41, 5.74) is 1.47. The summed E-state index contributed by atoms with van der Waals surface area (Å²) in [4.78, 5) is 11.9. The fraction of sp³-hybridized carbons (Fsp3) is 0.286. The third kappa shape index (κ3) is 3.58. The van der Waals surface area contributed by atoms with Crippen LogP contribution in [0, 0.1) is 5.92 Å². The SMILES string of the molecule is CC(CCl)CNC(=O)c1cnn(-c2ccccc2)c1. The zero-order valence-corrected chi connectivity index (χ0v) is 11.5. The quantitative estimate of drug-likeness (QED) is 0.854. The molecule has 1 amide bonds. The van der Waals surface area contributed by atoms with Crippen LogP contribution in [0.2, 0.25) is 0 Å². The predicted octanol–water partition coefficient (Wildman–Crippen LogP) is 2.48. The van der Waals surface area contributed by atoms with Crippen LogP contribution in [-0.4, -0.2) is 28.1 Å². The van der Waals surface area contributed by atoms with Gasteiger partial charge < -0.3 is 5.32 Å². The molecule has 1 aromatic heterocycles. The lowest BCUT2D eigenvalue weighted by Crippen LogP contribution is -2.28. The molecule has 1 N–H and O–H groups in total. The van der Waals surface area contributed by atoms with Crippen molar-refractivity contribution in [3.8, 4) is 5.69 Å². The number of rotatable bonds is 5. The number of halogens is 1. The van der Waals surface area contributed by atoms with Gasteiger partial charge in [0.15, 0.2) is 0 Å². The molecule has 1 atom stereocenters. The zero-order valence-electron chi connectivity index (χ0n) is 10.7. The Kier molecular flexibility index (Phi) is 4.58. The summed E-state index contributed by atoms with van der Waals surface area (Å²) in [7, 11) is 0. The first kappa shape index (κ1) is 13.6. The smallest absolute Gasteiger partial charge is 0.254 e. The fourth-order valence-electron chi connectivity index (χ4n) is 1.59. The van der Waals surface area contributed by atoms with Gasteiger partial charge in [0.25, 0.3) is 5.91 Å². The van der Waals surface area contributed by atoms with Gasteiger partial charge in [0.1, 0.15) is 0 Å². The summed E-state index contributed by atoms with van der Waals surface area (Å²) in [6.07, 6.45) is 3.28. The average Bonchev–Trinajstić information content (AvgIpc) is 2.95. The molecule has 0 radical (unpaired) electrons. The Morgan fingerprint density at radius 2 is 2.16 bits per heavy atom. The first-order valence-electron chi connectivity index (χ1n) is 6.15. The molecule has 0 spiro atoms. The van der Waals surface area contributed by atoms with Crippen molar-refractivity contribution in [2.24, 2.45) is 5.92 Å². The van der Waals surface area contributed by atoms with Crippen molar-refractivity contribution in [1.29, 1.82) is 0 Å². The Morgan fingerprint density at radius 1 is 1.42 bits per heavy atom. The van der Waals surface area contributed by atoms with Crippen LogP contribution in [0.4, 0.5) is 0 Å². The van der Waals surface area contributed by atoms with E-state index < -0.39 is 0 Å². The van der Waals surface area contributed by atoms with Gasteiger partial charge in [-0.25, -0.2) is 4.68 Å². The van der Waals surface area contributed by atoms with E-state index in [1.165, 1.54) is 0 Å². The van der Waals surface area contributed by atoms with Gasteiger partial charge in [0.05, 0.1) is 17.4 Å².